The van der Waals surface area contributed by atoms with E-state index >= 15 is 0 Å². The van der Waals surface area contributed by atoms with Crippen molar-refractivity contribution in [3.8, 4) is 5.75 Å². The van der Waals surface area contributed by atoms with E-state index < -0.39 is 34.8 Å². The van der Waals surface area contributed by atoms with Gasteiger partial charge in [0.2, 0.25) is 29.1 Å². The van der Waals surface area contributed by atoms with Crippen LogP contribution in [0.3, 0.4) is 0 Å². The molecule has 0 bridgehead atoms. The fraction of sp³-hybridized carbons (Fsp3) is 0.231. The normalized spacial score (nSPS) is 10.9. The van der Waals surface area contributed by atoms with Crippen molar-refractivity contribution in [1.29, 1.82) is 0 Å². The van der Waals surface area contributed by atoms with Gasteiger partial charge in [-0.15, -0.1) is 0 Å². The molecule has 21 heavy (non-hydrogen) atoms. The summed E-state index contributed by atoms with van der Waals surface area (Å²) in [7, 11) is 0. The molecule has 1 heterocycles. The number of hydrogen-bond donors (Lipinski definition) is 1. The summed E-state index contributed by atoms with van der Waals surface area (Å²) in [6, 6.07) is 1.71. The van der Waals surface area contributed by atoms with Crippen LogP contribution in [0.15, 0.2) is 23.0 Å². The molecule has 0 spiro atoms. The third kappa shape index (κ3) is 3.33. The van der Waals surface area contributed by atoms with Crippen LogP contribution < -0.4 is 10.1 Å². The summed E-state index contributed by atoms with van der Waals surface area (Å²) in [5.74, 6) is -11.5. The van der Waals surface area contributed by atoms with Gasteiger partial charge in [-0.2, -0.15) is 8.78 Å². The SMILES string of the molecule is Fc1c(F)c(F)c(OCCNCc2ccoc2)c(F)c1F. The Bertz CT molecular complexity index is 587. The Hall–Kier alpha value is -2.09. The molecular weight excluding hydrogens is 297 g/mol. The van der Waals surface area contributed by atoms with Crippen molar-refractivity contribution in [2.75, 3.05) is 13.2 Å². The molecule has 2 rings (SSSR count). The molecule has 2 aromatic rings. The lowest BCUT2D eigenvalue weighted by Gasteiger charge is -2.10. The van der Waals surface area contributed by atoms with E-state index in [9.17, 15) is 22.0 Å². The van der Waals surface area contributed by atoms with Gasteiger partial charge < -0.3 is 14.5 Å². The number of benzene rings is 1. The monoisotopic (exact) mass is 307 g/mol. The van der Waals surface area contributed by atoms with Crippen molar-refractivity contribution in [3.63, 3.8) is 0 Å². The van der Waals surface area contributed by atoms with Gasteiger partial charge in [-0.3, -0.25) is 0 Å². The number of furan rings is 1. The van der Waals surface area contributed by atoms with E-state index in [1.807, 2.05) is 0 Å². The maximum Gasteiger partial charge on any atom is 0.206 e. The second kappa shape index (κ2) is 6.57. The molecule has 0 fully saturated rings. The molecule has 0 unspecified atom stereocenters. The van der Waals surface area contributed by atoms with Gasteiger partial charge in [-0.05, 0) is 6.07 Å². The van der Waals surface area contributed by atoms with Crippen LogP contribution in [0.25, 0.3) is 0 Å². The molecule has 3 nitrogen and oxygen atoms in total. The quantitative estimate of drug-likeness (QED) is 0.385. The van der Waals surface area contributed by atoms with Crippen molar-refractivity contribution in [1.82, 2.24) is 5.32 Å². The lowest BCUT2D eigenvalue weighted by Crippen LogP contribution is -2.21. The first-order chi connectivity index (χ1) is 10.0. The molecular formula is C13H10F5NO2. The van der Waals surface area contributed by atoms with E-state index in [0.29, 0.717) is 6.54 Å². The molecule has 0 atom stereocenters. The van der Waals surface area contributed by atoms with Crippen LogP contribution >= 0.6 is 0 Å². The molecule has 0 aliphatic heterocycles. The van der Waals surface area contributed by atoms with E-state index in [1.165, 1.54) is 12.5 Å². The molecule has 0 aliphatic rings. The molecule has 1 aromatic heterocycles. The molecule has 1 aromatic carbocycles. The van der Waals surface area contributed by atoms with E-state index in [2.05, 4.69) is 10.1 Å². The summed E-state index contributed by atoms with van der Waals surface area (Å²) >= 11 is 0. The second-order valence-corrected chi connectivity index (χ2v) is 4.06. The van der Waals surface area contributed by atoms with Gasteiger partial charge in [0.15, 0.2) is 5.75 Å². The largest absolute Gasteiger partial charge is 0.486 e. The van der Waals surface area contributed by atoms with Gasteiger partial charge >= 0.3 is 0 Å². The van der Waals surface area contributed by atoms with Crippen molar-refractivity contribution >= 4 is 0 Å². The number of ether oxygens (including phenoxy) is 1. The van der Waals surface area contributed by atoms with Crippen LogP contribution in [0.4, 0.5) is 22.0 Å². The third-order valence-electron chi connectivity index (χ3n) is 2.60. The number of halogens is 5. The number of nitrogens with one attached hydrogen (secondary N) is 1. The molecule has 1 N–H and O–H groups in total. The zero-order valence-electron chi connectivity index (χ0n) is 10.6. The lowest BCUT2D eigenvalue weighted by atomic mass is 10.2. The van der Waals surface area contributed by atoms with Crippen molar-refractivity contribution in [3.05, 3.63) is 53.2 Å². The Morgan fingerprint density at radius 1 is 0.952 bits per heavy atom. The summed E-state index contributed by atoms with van der Waals surface area (Å²) in [6.45, 7) is 0.290. The first-order valence-electron chi connectivity index (χ1n) is 5.88. The summed E-state index contributed by atoms with van der Waals surface area (Å²) in [4.78, 5) is 0. The topological polar surface area (TPSA) is 34.4 Å². The maximum absolute atomic E-state index is 13.3. The molecule has 8 heteroatoms. The highest BCUT2D eigenvalue weighted by molar-refractivity contribution is 5.29. The van der Waals surface area contributed by atoms with Crippen molar-refractivity contribution in [2.45, 2.75) is 6.54 Å². The smallest absolute Gasteiger partial charge is 0.206 e. The predicted molar refractivity (Wildman–Crippen MR) is 62.1 cm³/mol. The van der Waals surface area contributed by atoms with Gasteiger partial charge in [0, 0.05) is 18.7 Å². The zero-order valence-corrected chi connectivity index (χ0v) is 10.6. The minimum atomic E-state index is -2.21. The third-order valence-corrected chi connectivity index (χ3v) is 2.60. The maximum atomic E-state index is 13.3. The Kier molecular flexibility index (Phi) is 4.79. The van der Waals surface area contributed by atoms with Gasteiger partial charge in [-0.25, -0.2) is 13.2 Å². The minimum Gasteiger partial charge on any atom is -0.486 e. The molecule has 0 saturated carbocycles. The second-order valence-electron chi connectivity index (χ2n) is 4.06. The van der Waals surface area contributed by atoms with E-state index in [1.54, 1.807) is 6.07 Å². The standard InChI is InChI=1S/C13H10F5NO2/c14-8-9(15)11(17)13(12(18)10(8)16)21-4-2-19-5-7-1-3-20-6-7/h1,3,6,19H,2,4-5H2. The Morgan fingerprint density at radius 2 is 1.57 bits per heavy atom. The van der Waals surface area contributed by atoms with Crippen molar-refractivity contribution < 1.29 is 31.1 Å². The molecule has 0 aliphatic carbocycles. The average molecular weight is 307 g/mol. The Balaban J connectivity index is 1.91. The van der Waals surface area contributed by atoms with Gasteiger partial charge in [0.05, 0.1) is 12.5 Å². The summed E-state index contributed by atoms with van der Waals surface area (Å²) in [5.41, 5.74) is 0.839. The highest BCUT2D eigenvalue weighted by Gasteiger charge is 2.26. The molecule has 0 amide bonds. The molecule has 0 saturated heterocycles. The van der Waals surface area contributed by atoms with Crippen molar-refractivity contribution in [2.24, 2.45) is 0 Å². The highest BCUT2D eigenvalue weighted by atomic mass is 19.2. The fourth-order valence-electron chi connectivity index (χ4n) is 1.56. The van der Waals surface area contributed by atoms with Gasteiger partial charge in [0.1, 0.15) is 6.61 Å². The van der Waals surface area contributed by atoms with Gasteiger partial charge in [0.25, 0.3) is 0 Å². The number of hydrogen-bond acceptors (Lipinski definition) is 3. The van der Waals surface area contributed by atoms with Crippen LogP contribution in [0.2, 0.25) is 0 Å². The Labute approximate surface area is 116 Å². The summed E-state index contributed by atoms with van der Waals surface area (Å²) < 4.78 is 74.5. The fourth-order valence-corrected chi connectivity index (χ4v) is 1.56. The van der Waals surface area contributed by atoms with Gasteiger partial charge in [-0.1, -0.05) is 0 Å². The summed E-state index contributed by atoms with van der Waals surface area (Å²) in [5, 5.41) is 2.85. The Morgan fingerprint density at radius 3 is 2.14 bits per heavy atom. The zero-order chi connectivity index (χ0) is 15.4. The van der Waals surface area contributed by atoms with Crippen LogP contribution in [-0.2, 0) is 6.54 Å². The first-order valence-corrected chi connectivity index (χ1v) is 5.88. The van der Waals surface area contributed by atoms with E-state index in [-0.39, 0.29) is 13.2 Å². The van der Waals surface area contributed by atoms with Crippen LogP contribution in [-0.4, -0.2) is 13.2 Å². The minimum absolute atomic E-state index is 0.144. The first kappa shape index (κ1) is 15.3. The predicted octanol–water partition coefficient (Wildman–Crippen LogP) is 3.14. The van der Waals surface area contributed by atoms with Crippen LogP contribution in [0.5, 0.6) is 5.75 Å². The average Bonchev–Trinajstić information content (AvgIpc) is 2.99. The summed E-state index contributed by atoms with van der Waals surface area (Å²) in [6.07, 6.45) is 2.97. The van der Waals surface area contributed by atoms with E-state index in [0.717, 1.165) is 5.56 Å². The molecule has 0 radical (unpaired) electrons. The van der Waals surface area contributed by atoms with Crippen LogP contribution in [0, 0.1) is 29.1 Å². The lowest BCUT2D eigenvalue weighted by molar-refractivity contribution is 0.261. The molecule has 114 valence electrons. The highest BCUT2D eigenvalue weighted by Crippen LogP contribution is 2.28. The van der Waals surface area contributed by atoms with E-state index in [4.69, 9.17) is 4.42 Å². The number of rotatable bonds is 6. The van der Waals surface area contributed by atoms with Crippen LogP contribution in [0.1, 0.15) is 5.56 Å².